The lowest BCUT2D eigenvalue weighted by Gasteiger charge is -2.07. The predicted molar refractivity (Wildman–Crippen MR) is 78.2 cm³/mol. The molecule has 2 rings (SSSR count). The van der Waals surface area contributed by atoms with Crippen molar-refractivity contribution in [3.05, 3.63) is 53.9 Å². The van der Waals surface area contributed by atoms with Crippen molar-refractivity contribution in [1.82, 2.24) is 10.4 Å². The van der Waals surface area contributed by atoms with Gasteiger partial charge >= 0.3 is 0 Å². The van der Waals surface area contributed by atoms with Gasteiger partial charge in [0.1, 0.15) is 0 Å². The molecule has 0 aliphatic heterocycles. The third-order valence-corrected chi connectivity index (χ3v) is 2.75. The van der Waals surface area contributed by atoms with Crippen LogP contribution in [0.2, 0.25) is 0 Å². The number of methoxy groups -OCH3 is 2. The van der Waals surface area contributed by atoms with Crippen LogP contribution in [0.4, 0.5) is 0 Å². The molecule has 5 heteroatoms. The van der Waals surface area contributed by atoms with Crippen LogP contribution in [0.25, 0.3) is 0 Å². The van der Waals surface area contributed by atoms with E-state index in [1.54, 1.807) is 32.8 Å². The molecule has 1 N–H and O–H groups in total. The average molecular weight is 271 g/mol. The molecule has 0 spiro atoms. The first-order valence-corrected chi connectivity index (χ1v) is 6.20. The Morgan fingerprint density at radius 1 is 1.10 bits per heavy atom. The lowest BCUT2D eigenvalue weighted by Crippen LogP contribution is -2.05. The summed E-state index contributed by atoms with van der Waals surface area (Å²) in [5.41, 5.74) is 5.05. The van der Waals surface area contributed by atoms with E-state index in [1.807, 2.05) is 30.3 Å². The quantitative estimate of drug-likeness (QED) is 0.646. The van der Waals surface area contributed by atoms with Crippen molar-refractivity contribution < 1.29 is 9.47 Å². The molecule has 0 aliphatic rings. The molecule has 5 nitrogen and oxygen atoms in total. The monoisotopic (exact) mass is 271 g/mol. The summed E-state index contributed by atoms with van der Waals surface area (Å²) in [6.07, 6.45) is 5.26. The second kappa shape index (κ2) is 7.13. The van der Waals surface area contributed by atoms with E-state index in [4.69, 9.17) is 9.47 Å². The standard InChI is InChI=1S/C15H17N3O2/c1-19-14-4-3-13(9-15(14)20-2)11-18-17-10-12-5-7-16-8-6-12/h3-9,11,17H,10H2,1-2H3. The first kappa shape index (κ1) is 13.9. The fourth-order valence-corrected chi connectivity index (χ4v) is 1.69. The van der Waals surface area contributed by atoms with Crippen LogP contribution in [0.1, 0.15) is 11.1 Å². The lowest BCUT2D eigenvalue weighted by atomic mass is 10.2. The molecule has 0 fully saturated rings. The van der Waals surface area contributed by atoms with E-state index < -0.39 is 0 Å². The Labute approximate surface area is 118 Å². The van der Waals surface area contributed by atoms with Gasteiger partial charge in [-0.05, 0) is 41.5 Å². The number of ether oxygens (including phenoxy) is 2. The number of nitrogens with zero attached hydrogens (tertiary/aromatic N) is 2. The van der Waals surface area contributed by atoms with Crippen LogP contribution >= 0.6 is 0 Å². The van der Waals surface area contributed by atoms with Crippen LogP contribution in [-0.4, -0.2) is 25.4 Å². The number of pyridine rings is 1. The van der Waals surface area contributed by atoms with E-state index in [2.05, 4.69) is 15.5 Å². The molecule has 0 saturated carbocycles. The van der Waals surface area contributed by atoms with E-state index in [9.17, 15) is 0 Å². The topological polar surface area (TPSA) is 55.7 Å². The minimum Gasteiger partial charge on any atom is -0.493 e. The Kier molecular flexibility index (Phi) is 4.94. The van der Waals surface area contributed by atoms with E-state index in [0.717, 1.165) is 11.1 Å². The van der Waals surface area contributed by atoms with Gasteiger partial charge in [-0.1, -0.05) is 0 Å². The number of nitrogens with one attached hydrogen (secondary N) is 1. The van der Waals surface area contributed by atoms with Crippen LogP contribution in [0.3, 0.4) is 0 Å². The average Bonchev–Trinajstić information content (AvgIpc) is 2.52. The summed E-state index contributed by atoms with van der Waals surface area (Å²) in [4.78, 5) is 3.96. The molecule has 1 aromatic carbocycles. The maximum atomic E-state index is 5.24. The molecule has 20 heavy (non-hydrogen) atoms. The highest BCUT2D eigenvalue weighted by Gasteiger charge is 2.02. The second-order valence-electron chi connectivity index (χ2n) is 4.06. The highest BCUT2D eigenvalue weighted by Crippen LogP contribution is 2.26. The van der Waals surface area contributed by atoms with Crippen LogP contribution < -0.4 is 14.9 Å². The van der Waals surface area contributed by atoms with Crippen LogP contribution in [0.15, 0.2) is 47.8 Å². The zero-order valence-electron chi connectivity index (χ0n) is 11.5. The Balaban J connectivity index is 1.94. The first-order valence-electron chi connectivity index (χ1n) is 6.20. The summed E-state index contributed by atoms with van der Waals surface area (Å²) in [5.74, 6) is 1.39. The fourth-order valence-electron chi connectivity index (χ4n) is 1.69. The maximum Gasteiger partial charge on any atom is 0.161 e. The highest BCUT2D eigenvalue weighted by molar-refractivity contribution is 5.80. The van der Waals surface area contributed by atoms with Gasteiger partial charge in [0, 0.05) is 12.4 Å². The largest absolute Gasteiger partial charge is 0.493 e. The Bertz CT molecular complexity index is 571. The molecule has 0 saturated heterocycles. The Morgan fingerprint density at radius 3 is 2.55 bits per heavy atom. The number of rotatable bonds is 6. The van der Waals surface area contributed by atoms with Gasteiger partial charge in [0.2, 0.25) is 0 Å². The van der Waals surface area contributed by atoms with Gasteiger partial charge in [0.05, 0.1) is 27.0 Å². The maximum absolute atomic E-state index is 5.24. The van der Waals surface area contributed by atoms with Crippen molar-refractivity contribution in [3.8, 4) is 11.5 Å². The molecule has 0 unspecified atom stereocenters. The fraction of sp³-hybridized carbons (Fsp3) is 0.200. The van der Waals surface area contributed by atoms with Crippen molar-refractivity contribution in [2.45, 2.75) is 6.54 Å². The normalized spacial score (nSPS) is 10.5. The highest BCUT2D eigenvalue weighted by atomic mass is 16.5. The van der Waals surface area contributed by atoms with Crippen molar-refractivity contribution >= 4 is 6.21 Å². The van der Waals surface area contributed by atoms with Gasteiger partial charge in [-0.2, -0.15) is 5.10 Å². The number of benzene rings is 1. The van der Waals surface area contributed by atoms with Crippen LogP contribution in [0.5, 0.6) is 11.5 Å². The SMILES string of the molecule is COc1ccc(C=NNCc2ccncc2)cc1OC. The smallest absolute Gasteiger partial charge is 0.161 e. The molecule has 0 bridgehead atoms. The van der Waals surface area contributed by atoms with Crippen LogP contribution in [0, 0.1) is 0 Å². The number of hydrogen-bond acceptors (Lipinski definition) is 5. The van der Waals surface area contributed by atoms with Crippen molar-refractivity contribution in [2.75, 3.05) is 14.2 Å². The number of hydrazone groups is 1. The van der Waals surface area contributed by atoms with Crippen LogP contribution in [-0.2, 0) is 6.54 Å². The van der Waals surface area contributed by atoms with Gasteiger partial charge in [-0.3, -0.25) is 4.98 Å². The van der Waals surface area contributed by atoms with Gasteiger partial charge < -0.3 is 14.9 Å². The van der Waals surface area contributed by atoms with Gasteiger partial charge in [-0.15, -0.1) is 0 Å². The molecule has 1 aromatic heterocycles. The third kappa shape index (κ3) is 3.71. The number of hydrogen-bond donors (Lipinski definition) is 1. The second-order valence-corrected chi connectivity index (χ2v) is 4.06. The minimum absolute atomic E-state index is 0.659. The van der Waals surface area contributed by atoms with Gasteiger partial charge in [0.25, 0.3) is 0 Å². The van der Waals surface area contributed by atoms with E-state index >= 15 is 0 Å². The molecule has 104 valence electrons. The molecule has 0 aliphatic carbocycles. The van der Waals surface area contributed by atoms with Crippen molar-refractivity contribution in [2.24, 2.45) is 5.10 Å². The summed E-state index contributed by atoms with van der Waals surface area (Å²) in [7, 11) is 3.22. The summed E-state index contributed by atoms with van der Waals surface area (Å²) < 4.78 is 10.4. The molecule has 0 atom stereocenters. The zero-order chi connectivity index (χ0) is 14.2. The third-order valence-electron chi connectivity index (χ3n) is 2.75. The molecule has 2 aromatic rings. The van der Waals surface area contributed by atoms with Crippen molar-refractivity contribution in [3.63, 3.8) is 0 Å². The summed E-state index contributed by atoms with van der Waals surface area (Å²) in [5, 5.41) is 4.18. The van der Waals surface area contributed by atoms with E-state index in [1.165, 1.54) is 0 Å². The molecular weight excluding hydrogens is 254 g/mol. The lowest BCUT2D eigenvalue weighted by molar-refractivity contribution is 0.355. The predicted octanol–water partition coefficient (Wildman–Crippen LogP) is 2.22. The molecule has 0 radical (unpaired) electrons. The molecular formula is C15H17N3O2. The number of aromatic nitrogens is 1. The molecule has 1 heterocycles. The summed E-state index contributed by atoms with van der Waals surface area (Å²) in [6, 6.07) is 9.52. The van der Waals surface area contributed by atoms with E-state index in [-0.39, 0.29) is 0 Å². The van der Waals surface area contributed by atoms with Crippen molar-refractivity contribution in [1.29, 1.82) is 0 Å². The Morgan fingerprint density at radius 2 is 1.85 bits per heavy atom. The summed E-state index contributed by atoms with van der Waals surface area (Å²) >= 11 is 0. The van der Waals surface area contributed by atoms with Gasteiger partial charge in [0.15, 0.2) is 11.5 Å². The Hall–Kier alpha value is -2.56. The summed E-state index contributed by atoms with van der Waals surface area (Å²) in [6.45, 7) is 0.659. The van der Waals surface area contributed by atoms with E-state index in [0.29, 0.717) is 18.0 Å². The zero-order valence-corrected chi connectivity index (χ0v) is 11.5. The van der Waals surface area contributed by atoms with Gasteiger partial charge in [-0.25, -0.2) is 0 Å². The molecule has 0 amide bonds. The minimum atomic E-state index is 0.659. The first-order chi connectivity index (χ1) is 9.83.